The number of hydrogen-bond acceptors (Lipinski definition) is 7. The van der Waals surface area contributed by atoms with Crippen molar-refractivity contribution in [3.63, 3.8) is 0 Å². The first-order chi connectivity index (χ1) is 17.0. The molecule has 1 unspecified atom stereocenters. The summed E-state index contributed by atoms with van der Waals surface area (Å²) in [5, 5.41) is 6.22. The summed E-state index contributed by atoms with van der Waals surface area (Å²) in [6.45, 7) is 6.40. The van der Waals surface area contributed by atoms with Crippen LogP contribution < -0.4 is 5.14 Å². The van der Waals surface area contributed by atoms with Crippen LogP contribution in [0.4, 0.5) is 0 Å². The number of piperidine rings is 1. The average molecular weight is 581 g/mol. The highest BCUT2D eigenvalue weighted by Crippen LogP contribution is 2.37. The Morgan fingerprint density at radius 1 is 1.11 bits per heavy atom. The van der Waals surface area contributed by atoms with Gasteiger partial charge in [0.25, 0.3) is 0 Å². The summed E-state index contributed by atoms with van der Waals surface area (Å²) in [6, 6.07) is 8.84. The number of aryl methyl sites for hydroxylation is 2. The molecule has 2 N–H and O–H groups in total. The van der Waals surface area contributed by atoms with Crippen LogP contribution in [0.3, 0.4) is 0 Å². The van der Waals surface area contributed by atoms with E-state index >= 15 is 0 Å². The number of hydrogen-bond donors (Lipinski definition) is 1. The molecule has 0 saturated carbocycles. The van der Waals surface area contributed by atoms with Gasteiger partial charge in [0, 0.05) is 73.5 Å². The molecule has 1 aromatic heterocycles. The van der Waals surface area contributed by atoms with Crippen LogP contribution in [-0.4, -0.2) is 71.7 Å². The number of carbonyl (C=O) groups is 1. The molecule has 9 heteroatoms. The number of pyridine rings is 1. The molecule has 35 heavy (non-hydrogen) atoms. The van der Waals surface area contributed by atoms with Gasteiger partial charge in [-0.2, -0.15) is 0 Å². The lowest BCUT2D eigenvalue weighted by Crippen LogP contribution is -2.46. The fraction of sp³-hybridized carbons (Fsp3) is 0.538. The van der Waals surface area contributed by atoms with Gasteiger partial charge in [-0.15, -0.1) is 0 Å². The quantitative estimate of drug-likeness (QED) is 0.414. The average Bonchev–Trinajstić information content (AvgIpc) is 3.02. The molecule has 0 radical (unpaired) electrons. The Labute approximate surface area is 227 Å². The van der Waals surface area contributed by atoms with Crippen LogP contribution in [-0.2, 0) is 17.6 Å². The maximum atomic E-state index is 10.2. The van der Waals surface area contributed by atoms with E-state index in [0.717, 1.165) is 87.2 Å². The molecule has 2 saturated heterocycles. The predicted molar refractivity (Wildman–Crippen MR) is 148 cm³/mol. The van der Waals surface area contributed by atoms with Crippen molar-refractivity contribution in [1.29, 1.82) is 0 Å². The van der Waals surface area contributed by atoms with E-state index < -0.39 is 0 Å². The number of nitrogens with zero attached hydrogens (tertiary/aromatic N) is 4. The van der Waals surface area contributed by atoms with Gasteiger partial charge in [0.05, 0.1) is 11.7 Å². The van der Waals surface area contributed by atoms with Crippen molar-refractivity contribution in [1.82, 2.24) is 19.1 Å². The number of aromatic nitrogens is 1. The zero-order chi connectivity index (χ0) is 24.8. The van der Waals surface area contributed by atoms with E-state index in [1.54, 1.807) is 0 Å². The van der Waals surface area contributed by atoms with E-state index in [0.29, 0.717) is 5.92 Å². The van der Waals surface area contributed by atoms with Crippen molar-refractivity contribution in [2.75, 3.05) is 46.3 Å². The minimum Gasteiger partial charge on any atom is -0.304 e. The van der Waals surface area contributed by atoms with Crippen LogP contribution >= 0.6 is 39.7 Å². The predicted octanol–water partition coefficient (Wildman–Crippen LogP) is 4.74. The second-order valence-electron chi connectivity index (χ2n) is 9.66. The number of aldehydes is 1. The topological polar surface area (TPSA) is 65.7 Å². The van der Waals surface area contributed by atoms with Crippen molar-refractivity contribution >= 4 is 46.0 Å². The molecule has 0 bridgehead atoms. The molecule has 1 aliphatic carbocycles. The molecule has 0 amide bonds. The van der Waals surface area contributed by atoms with Crippen LogP contribution in [0.2, 0.25) is 5.02 Å². The number of carbonyl (C=O) groups excluding carboxylic acids is 1. The first-order valence-corrected chi connectivity index (χ1v) is 14.4. The summed E-state index contributed by atoms with van der Waals surface area (Å²) < 4.78 is 3.20. The lowest BCUT2D eigenvalue weighted by Gasteiger charge is -2.38. The Balaban J connectivity index is 0.000000221. The number of benzene rings is 1. The molecule has 3 aliphatic rings. The molecule has 6 nitrogen and oxygen atoms in total. The van der Waals surface area contributed by atoms with Gasteiger partial charge in [0.1, 0.15) is 6.29 Å². The van der Waals surface area contributed by atoms with Gasteiger partial charge < -0.3 is 9.69 Å². The van der Waals surface area contributed by atoms with Gasteiger partial charge >= 0.3 is 0 Å². The van der Waals surface area contributed by atoms with E-state index in [2.05, 4.69) is 55.3 Å². The fourth-order valence-corrected chi connectivity index (χ4v) is 6.24. The lowest BCUT2D eigenvalue weighted by molar-refractivity contribution is -0.108. The largest absolute Gasteiger partial charge is 0.304 e. The highest BCUT2D eigenvalue weighted by Gasteiger charge is 2.31. The number of nitrogens with two attached hydrogens (primary N) is 1. The molecule has 2 fully saturated rings. The van der Waals surface area contributed by atoms with Crippen molar-refractivity contribution in [3.05, 3.63) is 62.3 Å². The van der Waals surface area contributed by atoms with E-state index in [1.807, 2.05) is 12.3 Å². The molecule has 5 rings (SSSR count). The summed E-state index contributed by atoms with van der Waals surface area (Å²) in [5.74, 6) is 0.607. The Kier molecular flexibility index (Phi) is 10.0. The second kappa shape index (κ2) is 13.0. The second-order valence-corrected chi connectivity index (χ2v) is 11.7. The summed E-state index contributed by atoms with van der Waals surface area (Å²) in [7, 11) is 2.20. The van der Waals surface area contributed by atoms with E-state index in [1.165, 1.54) is 34.5 Å². The summed E-state index contributed by atoms with van der Waals surface area (Å²) in [5.41, 5.74) is 5.29. The van der Waals surface area contributed by atoms with Crippen molar-refractivity contribution in [2.24, 2.45) is 11.1 Å². The van der Waals surface area contributed by atoms with Crippen molar-refractivity contribution in [2.45, 2.75) is 38.1 Å². The molecule has 2 aromatic rings. The third-order valence-corrected chi connectivity index (χ3v) is 8.68. The monoisotopic (exact) mass is 579 g/mol. The molecule has 3 heterocycles. The van der Waals surface area contributed by atoms with Crippen LogP contribution in [0.5, 0.6) is 0 Å². The molecule has 1 aromatic carbocycles. The Hall–Kier alpha value is -1.00. The number of halogens is 2. The zero-order valence-corrected chi connectivity index (χ0v) is 23.5. The minimum atomic E-state index is 0.233. The Morgan fingerprint density at radius 2 is 1.83 bits per heavy atom. The number of fused-ring (bicyclic) bond motifs is 2. The van der Waals surface area contributed by atoms with Gasteiger partial charge in [-0.3, -0.25) is 15.0 Å². The van der Waals surface area contributed by atoms with E-state index in [4.69, 9.17) is 21.7 Å². The fourth-order valence-electron chi connectivity index (χ4n) is 5.25. The van der Waals surface area contributed by atoms with Crippen LogP contribution in [0.25, 0.3) is 0 Å². The summed E-state index contributed by atoms with van der Waals surface area (Å²) >= 11 is 11.2. The Bertz CT molecular complexity index is 942. The molecule has 1 atom stereocenters. The molecular formula is C26H35BrClN5OS. The van der Waals surface area contributed by atoms with Gasteiger partial charge in [-0.25, -0.2) is 4.31 Å². The maximum Gasteiger partial charge on any atom is 0.120 e. The first kappa shape index (κ1) is 27.0. The number of likely N-dealkylation sites (N-methyl/N-ethyl adjacent to an activating group) is 1. The molecule has 190 valence electrons. The van der Waals surface area contributed by atoms with Gasteiger partial charge in [-0.1, -0.05) is 17.7 Å². The van der Waals surface area contributed by atoms with Crippen LogP contribution in [0, 0.1) is 5.92 Å². The first-order valence-electron chi connectivity index (χ1n) is 12.4. The summed E-state index contributed by atoms with van der Waals surface area (Å²) in [6.07, 6.45) is 7.94. The standard InChI is InChI=1S/C19H21BrClN3.C7H14N2OS/c1-23-6-8-24(9-7-23)19-17-5-4-16(21)11-13(17)2-3-14-10-15(20)12-22-18(14)19;8-11-9-4-1-7(2-5-9)3-6-10/h4-5,10-12,19H,2-3,6-9H2,1H3;6-7H,1-5,8H2. The smallest absolute Gasteiger partial charge is 0.120 e. The van der Waals surface area contributed by atoms with Crippen molar-refractivity contribution in [3.8, 4) is 0 Å². The van der Waals surface area contributed by atoms with Gasteiger partial charge in [0.15, 0.2) is 0 Å². The third-order valence-electron chi connectivity index (χ3n) is 7.35. The minimum absolute atomic E-state index is 0.233. The van der Waals surface area contributed by atoms with E-state index in [9.17, 15) is 4.79 Å². The highest BCUT2D eigenvalue weighted by atomic mass is 79.9. The SMILES string of the molecule is CN1CCN(C2c3ccc(Cl)cc3CCc3cc(Br)cnc32)CC1.NSN1CCC(CC=O)CC1. The number of piperazine rings is 1. The zero-order valence-electron chi connectivity index (χ0n) is 20.3. The molecular weight excluding hydrogens is 546 g/mol. The maximum absolute atomic E-state index is 10.2. The van der Waals surface area contributed by atoms with Crippen LogP contribution in [0.1, 0.15) is 47.7 Å². The molecule has 0 spiro atoms. The summed E-state index contributed by atoms with van der Waals surface area (Å²) in [4.78, 5) is 20.0. The van der Waals surface area contributed by atoms with E-state index in [-0.39, 0.29) is 6.04 Å². The lowest BCUT2D eigenvalue weighted by atomic mass is 9.95. The van der Waals surface area contributed by atoms with Gasteiger partial charge in [0.2, 0.25) is 0 Å². The normalized spacial score (nSPS) is 21.9. The van der Waals surface area contributed by atoms with Gasteiger partial charge in [-0.05, 0) is 89.5 Å². The van der Waals surface area contributed by atoms with Crippen LogP contribution in [0.15, 0.2) is 34.9 Å². The highest BCUT2D eigenvalue weighted by molar-refractivity contribution is 9.10. The Morgan fingerprint density at radius 3 is 2.51 bits per heavy atom. The molecule has 2 aliphatic heterocycles. The van der Waals surface area contributed by atoms with Crippen molar-refractivity contribution < 1.29 is 4.79 Å². The third kappa shape index (κ3) is 7.06. The number of rotatable bonds is 4.